The van der Waals surface area contributed by atoms with Crippen molar-refractivity contribution in [2.45, 2.75) is 43.3 Å². The molecule has 1 aromatic carbocycles. The van der Waals surface area contributed by atoms with Gasteiger partial charge in [-0.25, -0.2) is 0 Å². The first-order valence-corrected chi connectivity index (χ1v) is 8.52. The van der Waals surface area contributed by atoms with Gasteiger partial charge in [0.15, 0.2) is 0 Å². The van der Waals surface area contributed by atoms with Crippen LogP contribution in [0.4, 0.5) is 0 Å². The minimum absolute atomic E-state index is 0.0245. The zero-order valence-electron chi connectivity index (χ0n) is 13.5. The number of thioether (sulfide) groups is 1. The highest BCUT2D eigenvalue weighted by molar-refractivity contribution is 8.00. The molecule has 1 N–H and O–H groups in total. The molecule has 1 saturated heterocycles. The molecule has 1 unspecified atom stereocenters. The van der Waals surface area contributed by atoms with E-state index in [0.29, 0.717) is 0 Å². The van der Waals surface area contributed by atoms with E-state index in [1.807, 2.05) is 11.8 Å². The van der Waals surface area contributed by atoms with E-state index < -0.39 is 0 Å². The Labute approximate surface area is 132 Å². The van der Waals surface area contributed by atoms with E-state index >= 15 is 0 Å². The van der Waals surface area contributed by atoms with Crippen molar-refractivity contribution in [3.8, 4) is 0 Å². The van der Waals surface area contributed by atoms with Gasteiger partial charge in [0.25, 0.3) is 0 Å². The second kappa shape index (κ2) is 6.84. The van der Waals surface area contributed by atoms with Gasteiger partial charge < -0.3 is 10.2 Å². The Morgan fingerprint density at radius 2 is 1.76 bits per heavy atom. The molecular formula is C17H26N2OS. The zero-order valence-corrected chi connectivity index (χ0v) is 14.3. The van der Waals surface area contributed by atoms with Gasteiger partial charge in [-0.1, -0.05) is 32.9 Å². The first-order valence-electron chi connectivity index (χ1n) is 7.64. The van der Waals surface area contributed by atoms with Crippen LogP contribution in [0.3, 0.4) is 0 Å². The van der Waals surface area contributed by atoms with Crippen LogP contribution in [0.5, 0.6) is 0 Å². The number of carbonyl (C=O) groups excluding carboxylic acids is 1. The highest BCUT2D eigenvalue weighted by Crippen LogP contribution is 2.28. The molecule has 0 spiro atoms. The van der Waals surface area contributed by atoms with Crippen LogP contribution < -0.4 is 5.32 Å². The maximum atomic E-state index is 12.4. The molecule has 21 heavy (non-hydrogen) atoms. The van der Waals surface area contributed by atoms with Crippen molar-refractivity contribution in [2.24, 2.45) is 0 Å². The van der Waals surface area contributed by atoms with E-state index in [2.05, 4.69) is 50.4 Å². The molecule has 116 valence electrons. The van der Waals surface area contributed by atoms with Crippen LogP contribution >= 0.6 is 11.8 Å². The molecule has 0 bridgehead atoms. The smallest absolute Gasteiger partial charge is 0.235 e. The number of rotatable bonds is 3. The number of nitrogens with one attached hydrogen (secondary N) is 1. The van der Waals surface area contributed by atoms with E-state index in [9.17, 15) is 4.79 Å². The molecule has 0 aromatic heterocycles. The highest BCUT2D eigenvalue weighted by atomic mass is 32.2. The zero-order chi connectivity index (χ0) is 15.5. The lowest BCUT2D eigenvalue weighted by Crippen LogP contribution is -2.48. The quantitative estimate of drug-likeness (QED) is 0.872. The largest absolute Gasteiger partial charge is 0.339 e. The average molecular weight is 306 g/mol. The molecular weight excluding hydrogens is 280 g/mol. The number of benzene rings is 1. The summed E-state index contributed by atoms with van der Waals surface area (Å²) in [6.45, 7) is 12.1. The van der Waals surface area contributed by atoms with Gasteiger partial charge in [-0.05, 0) is 30.0 Å². The number of nitrogens with zero attached hydrogens (tertiary/aromatic N) is 1. The Hall–Kier alpha value is -1.00. The summed E-state index contributed by atoms with van der Waals surface area (Å²) in [7, 11) is 0. The standard InChI is InChI=1S/C17H26N2OS/c1-13(16(20)19-11-9-18-10-12-19)21-15-7-5-14(6-8-15)17(2,3)4/h5-8,13,18H,9-12H2,1-4H3. The topological polar surface area (TPSA) is 32.3 Å². The molecule has 2 rings (SSSR count). The molecule has 1 fully saturated rings. The molecule has 3 nitrogen and oxygen atoms in total. The Morgan fingerprint density at radius 1 is 1.19 bits per heavy atom. The Balaban J connectivity index is 1.95. The summed E-state index contributed by atoms with van der Waals surface area (Å²) in [5.41, 5.74) is 1.50. The number of hydrogen-bond acceptors (Lipinski definition) is 3. The number of hydrogen-bond donors (Lipinski definition) is 1. The van der Waals surface area contributed by atoms with Crippen molar-refractivity contribution in [3.05, 3.63) is 29.8 Å². The van der Waals surface area contributed by atoms with Crippen molar-refractivity contribution in [1.29, 1.82) is 0 Å². The van der Waals surface area contributed by atoms with Crippen LogP contribution in [-0.2, 0) is 10.2 Å². The van der Waals surface area contributed by atoms with Crippen molar-refractivity contribution in [2.75, 3.05) is 26.2 Å². The maximum absolute atomic E-state index is 12.4. The van der Waals surface area contributed by atoms with Gasteiger partial charge in [0.05, 0.1) is 5.25 Å². The van der Waals surface area contributed by atoms with E-state index in [0.717, 1.165) is 26.2 Å². The van der Waals surface area contributed by atoms with Gasteiger partial charge in [0, 0.05) is 31.1 Å². The van der Waals surface area contributed by atoms with Crippen molar-refractivity contribution >= 4 is 17.7 Å². The number of amides is 1. The van der Waals surface area contributed by atoms with Crippen LogP contribution in [0.1, 0.15) is 33.3 Å². The van der Waals surface area contributed by atoms with Gasteiger partial charge in [-0.3, -0.25) is 4.79 Å². The number of piperazine rings is 1. The van der Waals surface area contributed by atoms with Gasteiger partial charge in [0.1, 0.15) is 0 Å². The third kappa shape index (κ3) is 4.48. The van der Waals surface area contributed by atoms with Gasteiger partial charge >= 0.3 is 0 Å². The molecule has 1 heterocycles. The molecule has 1 atom stereocenters. The Bertz CT molecular complexity index is 473. The minimum atomic E-state index is -0.0245. The SMILES string of the molecule is CC(Sc1ccc(C(C)(C)C)cc1)C(=O)N1CCNCC1. The minimum Gasteiger partial charge on any atom is -0.339 e. The molecule has 0 aliphatic carbocycles. The van der Waals surface area contributed by atoms with Gasteiger partial charge in [-0.15, -0.1) is 11.8 Å². The second-order valence-corrected chi connectivity index (χ2v) is 8.02. The summed E-state index contributed by atoms with van der Waals surface area (Å²) < 4.78 is 0. The van der Waals surface area contributed by atoms with Crippen LogP contribution in [0.25, 0.3) is 0 Å². The third-order valence-electron chi connectivity index (χ3n) is 3.81. The van der Waals surface area contributed by atoms with Crippen LogP contribution in [-0.4, -0.2) is 42.2 Å². The molecule has 1 aliphatic heterocycles. The summed E-state index contributed by atoms with van der Waals surface area (Å²) in [6.07, 6.45) is 0. The average Bonchev–Trinajstić information content (AvgIpc) is 2.47. The lowest BCUT2D eigenvalue weighted by molar-refractivity contribution is -0.130. The van der Waals surface area contributed by atoms with Gasteiger partial charge in [0.2, 0.25) is 5.91 Å². The molecule has 0 saturated carbocycles. The Morgan fingerprint density at radius 3 is 2.29 bits per heavy atom. The van der Waals surface area contributed by atoms with E-state index in [-0.39, 0.29) is 16.6 Å². The molecule has 0 radical (unpaired) electrons. The molecule has 1 aromatic rings. The monoisotopic (exact) mass is 306 g/mol. The van der Waals surface area contributed by atoms with Crippen LogP contribution in [0.2, 0.25) is 0 Å². The fourth-order valence-corrected chi connectivity index (χ4v) is 3.38. The first kappa shape index (κ1) is 16.4. The maximum Gasteiger partial charge on any atom is 0.235 e. The Kier molecular flexibility index (Phi) is 5.33. The second-order valence-electron chi connectivity index (χ2n) is 6.61. The summed E-state index contributed by atoms with van der Waals surface area (Å²) in [6, 6.07) is 8.61. The normalized spacial score (nSPS) is 17.6. The number of carbonyl (C=O) groups is 1. The fraction of sp³-hybridized carbons (Fsp3) is 0.588. The summed E-state index contributed by atoms with van der Waals surface area (Å²) in [4.78, 5) is 15.5. The fourth-order valence-electron chi connectivity index (χ4n) is 2.43. The van der Waals surface area contributed by atoms with E-state index in [4.69, 9.17) is 0 Å². The lowest BCUT2D eigenvalue weighted by Gasteiger charge is -2.29. The molecule has 4 heteroatoms. The van der Waals surface area contributed by atoms with Gasteiger partial charge in [-0.2, -0.15) is 0 Å². The summed E-state index contributed by atoms with van der Waals surface area (Å²) in [5, 5.41) is 3.25. The van der Waals surface area contributed by atoms with Crippen LogP contribution in [0.15, 0.2) is 29.2 Å². The van der Waals surface area contributed by atoms with Crippen molar-refractivity contribution < 1.29 is 4.79 Å². The highest BCUT2D eigenvalue weighted by Gasteiger charge is 2.23. The summed E-state index contributed by atoms with van der Waals surface area (Å²) >= 11 is 1.65. The summed E-state index contributed by atoms with van der Waals surface area (Å²) in [5.74, 6) is 0.251. The van der Waals surface area contributed by atoms with E-state index in [1.54, 1.807) is 11.8 Å². The van der Waals surface area contributed by atoms with E-state index in [1.165, 1.54) is 10.5 Å². The van der Waals surface area contributed by atoms with Crippen molar-refractivity contribution in [1.82, 2.24) is 10.2 Å². The predicted molar refractivity (Wildman–Crippen MR) is 89.9 cm³/mol. The van der Waals surface area contributed by atoms with Crippen molar-refractivity contribution in [3.63, 3.8) is 0 Å². The third-order valence-corrected chi connectivity index (χ3v) is 4.91. The molecule has 1 amide bonds. The first-order chi connectivity index (χ1) is 9.88. The predicted octanol–water partition coefficient (Wildman–Crippen LogP) is 2.90. The lowest BCUT2D eigenvalue weighted by atomic mass is 9.87. The van der Waals surface area contributed by atoms with Crippen LogP contribution in [0, 0.1) is 0 Å². The molecule has 1 aliphatic rings.